The quantitative estimate of drug-likeness (QED) is 0.887. The molecular weight excluding hydrogens is 337 g/mol. The van der Waals surface area contributed by atoms with Gasteiger partial charge in [-0.3, -0.25) is 9.59 Å². The van der Waals surface area contributed by atoms with Crippen molar-refractivity contribution in [1.82, 2.24) is 0 Å². The minimum Gasteiger partial charge on any atom is -0.435 e. The molecule has 1 unspecified atom stereocenters. The fraction of sp³-hybridized carbons (Fsp3) is 0.176. The van der Waals surface area contributed by atoms with Crippen molar-refractivity contribution in [2.24, 2.45) is 0 Å². The van der Waals surface area contributed by atoms with Crippen LogP contribution < -0.4 is 15.4 Å². The summed E-state index contributed by atoms with van der Waals surface area (Å²) in [4.78, 5) is 24.3. The first-order chi connectivity index (χ1) is 11.9. The second-order valence-corrected chi connectivity index (χ2v) is 5.43. The molecule has 0 saturated heterocycles. The fourth-order valence-electron chi connectivity index (χ4n) is 2.65. The van der Waals surface area contributed by atoms with Crippen LogP contribution in [0.4, 0.5) is 24.5 Å². The Morgan fingerprint density at radius 3 is 2.80 bits per heavy atom. The molecule has 1 aliphatic rings. The number of amides is 2. The van der Waals surface area contributed by atoms with Crippen molar-refractivity contribution in [3.8, 4) is 5.75 Å². The molecule has 1 atom stereocenters. The van der Waals surface area contributed by atoms with E-state index in [4.69, 9.17) is 0 Å². The van der Waals surface area contributed by atoms with Crippen LogP contribution in [0.1, 0.15) is 17.9 Å². The molecule has 3 rings (SSSR count). The number of benzene rings is 2. The minimum absolute atomic E-state index is 0.0995. The number of fused-ring (bicyclic) bond motifs is 1. The highest BCUT2D eigenvalue weighted by atomic mass is 19.3. The summed E-state index contributed by atoms with van der Waals surface area (Å²) in [5.74, 6) is -2.36. The molecule has 5 nitrogen and oxygen atoms in total. The summed E-state index contributed by atoms with van der Waals surface area (Å²) in [5, 5.41) is 5.08. The minimum atomic E-state index is -2.98. The number of hydrogen-bond donors (Lipinski definition) is 2. The van der Waals surface area contributed by atoms with E-state index in [9.17, 15) is 22.8 Å². The zero-order chi connectivity index (χ0) is 18.0. The standard InChI is InChI=1S/C17H13F3N2O3/c18-9-4-5-12-13(8-15(23)22-14(12)6-9)16(24)21-10-2-1-3-11(7-10)25-17(19)20/h1-7,13,17H,8H2,(H,21,24)(H,22,23). The van der Waals surface area contributed by atoms with Crippen molar-refractivity contribution in [1.29, 1.82) is 0 Å². The smallest absolute Gasteiger partial charge is 0.387 e. The van der Waals surface area contributed by atoms with Gasteiger partial charge < -0.3 is 15.4 Å². The van der Waals surface area contributed by atoms with E-state index in [2.05, 4.69) is 15.4 Å². The molecule has 8 heteroatoms. The zero-order valence-electron chi connectivity index (χ0n) is 12.8. The van der Waals surface area contributed by atoms with Gasteiger partial charge in [-0.05, 0) is 29.8 Å². The molecule has 2 aromatic carbocycles. The Bertz CT molecular complexity index is 827. The summed E-state index contributed by atoms with van der Waals surface area (Å²) in [7, 11) is 0. The first-order valence-corrected chi connectivity index (χ1v) is 7.37. The predicted molar refractivity (Wildman–Crippen MR) is 84.1 cm³/mol. The van der Waals surface area contributed by atoms with Gasteiger partial charge in [0.25, 0.3) is 0 Å². The first kappa shape index (κ1) is 16.8. The summed E-state index contributed by atoms with van der Waals surface area (Å²) in [6.45, 7) is -2.98. The molecule has 2 aromatic rings. The largest absolute Gasteiger partial charge is 0.435 e. The molecule has 2 N–H and O–H groups in total. The monoisotopic (exact) mass is 350 g/mol. The number of ether oxygens (including phenoxy) is 1. The van der Waals surface area contributed by atoms with Gasteiger partial charge in [0.05, 0.1) is 5.92 Å². The van der Waals surface area contributed by atoms with Crippen LogP contribution >= 0.6 is 0 Å². The zero-order valence-corrected chi connectivity index (χ0v) is 12.8. The molecule has 0 saturated carbocycles. The molecule has 0 fully saturated rings. The van der Waals surface area contributed by atoms with Crippen molar-refractivity contribution in [3.05, 3.63) is 53.8 Å². The van der Waals surface area contributed by atoms with Crippen LogP contribution in [0.3, 0.4) is 0 Å². The molecule has 1 heterocycles. The van der Waals surface area contributed by atoms with Gasteiger partial charge in [0.1, 0.15) is 11.6 Å². The number of hydrogen-bond acceptors (Lipinski definition) is 3. The van der Waals surface area contributed by atoms with Crippen LogP contribution in [0.5, 0.6) is 5.75 Å². The second-order valence-electron chi connectivity index (χ2n) is 5.43. The lowest BCUT2D eigenvalue weighted by Gasteiger charge is -2.25. The Balaban J connectivity index is 1.81. The van der Waals surface area contributed by atoms with Crippen molar-refractivity contribution in [2.75, 3.05) is 10.6 Å². The SMILES string of the molecule is O=C1CC(C(=O)Nc2cccc(OC(F)F)c2)c2ccc(F)cc2N1. The highest BCUT2D eigenvalue weighted by Crippen LogP contribution is 2.33. The van der Waals surface area contributed by atoms with Crippen molar-refractivity contribution < 1.29 is 27.5 Å². The first-order valence-electron chi connectivity index (χ1n) is 7.37. The number of alkyl halides is 2. The van der Waals surface area contributed by atoms with Crippen LogP contribution in [-0.2, 0) is 9.59 Å². The number of nitrogens with one attached hydrogen (secondary N) is 2. The Hall–Kier alpha value is -3.03. The molecule has 2 amide bonds. The summed E-state index contributed by atoms with van der Waals surface area (Å²) in [6, 6.07) is 9.31. The van der Waals surface area contributed by atoms with Gasteiger partial charge in [0.2, 0.25) is 11.8 Å². The third-order valence-corrected chi connectivity index (χ3v) is 3.70. The second kappa shape index (κ2) is 6.84. The summed E-state index contributed by atoms with van der Waals surface area (Å²) in [5.41, 5.74) is 0.975. The maximum Gasteiger partial charge on any atom is 0.387 e. The van der Waals surface area contributed by atoms with Gasteiger partial charge in [-0.25, -0.2) is 4.39 Å². The van der Waals surface area contributed by atoms with E-state index in [1.807, 2.05) is 0 Å². The van der Waals surface area contributed by atoms with Gasteiger partial charge in [0, 0.05) is 23.9 Å². The lowest BCUT2D eigenvalue weighted by atomic mass is 9.89. The number of carbonyl (C=O) groups is 2. The fourth-order valence-corrected chi connectivity index (χ4v) is 2.65. The maximum atomic E-state index is 13.3. The van der Waals surface area contributed by atoms with Gasteiger partial charge in [-0.1, -0.05) is 12.1 Å². The summed E-state index contributed by atoms with van der Waals surface area (Å²) in [6.07, 6.45) is -0.0995. The van der Waals surface area contributed by atoms with Crippen LogP contribution in [-0.4, -0.2) is 18.4 Å². The Morgan fingerprint density at radius 2 is 2.04 bits per heavy atom. The Labute approximate surface area is 140 Å². The lowest BCUT2D eigenvalue weighted by Crippen LogP contribution is -2.30. The number of anilines is 2. The molecule has 0 aromatic heterocycles. The van der Waals surface area contributed by atoms with Crippen molar-refractivity contribution in [3.63, 3.8) is 0 Å². The van der Waals surface area contributed by atoms with Gasteiger partial charge >= 0.3 is 6.61 Å². The summed E-state index contributed by atoms with van der Waals surface area (Å²) < 4.78 is 42.1. The number of carbonyl (C=O) groups excluding carboxylic acids is 2. The molecule has 0 bridgehead atoms. The lowest BCUT2D eigenvalue weighted by molar-refractivity contribution is -0.123. The van der Waals surface area contributed by atoms with Gasteiger partial charge in [-0.15, -0.1) is 0 Å². The third kappa shape index (κ3) is 3.90. The maximum absolute atomic E-state index is 13.3. The van der Waals surface area contributed by atoms with Crippen molar-refractivity contribution >= 4 is 23.2 Å². The van der Waals surface area contributed by atoms with E-state index in [0.717, 1.165) is 6.07 Å². The highest BCUT2D eigenvalue weighted by Gasteiger charge is 2.31. The average molecular weight is 350 g/mol. The predicted octanol–water partition coefficient (Wildman–Crippen LogP) is 3.49. The van der Waals surface area contributed by atoms with Gasteiger partial charge in [-0.2, -0.15) is 8.78 Å². The van der Waals surface area contributed by atoms with E-state index < -0.39 is 30.2 Å². The van der Waals surface area contributed by atoms with Crippen molar-refractivity contribution in [2.45, 2.75) is 19.0 Å². The topological polar surface area (TPSA) is 67.4 Å². The van der Waals surface area contributed by atoms with Crippen LogP contribution in [0.2, 0.25) is 0 Å². The number of rotatable bonds is 4. The van der Waals surface area contributed by atoms with Crippen LogP contribution in [0.15, 0.2) is 42.5 Å². The molecule has 25 heavy (non-hydrogen) atoms. The molecular formula is C17H13F3N2O3. The molecule has 0 spiro atoms. The number of halogens is 3. The highest BCUT2D eigenvalue weighted by molar-refractivity contribution is 6.05. The molecule has 0 aliphatic carbocycles. The van der Waals surface area contributed by atoms with E-state index in [1.54, 1.807) is 0 Å². The average Bonchev–Trinajstić information content (AvgIpc) is 2.53. The molecule has 0 radical (unpaired) electrons. The molecule has 1 aliphatic heterocycles. The third-order valence-electron chi connectivity index (χ3n) is 3.70. The van der Waals surface area contributed by atoms with E-state index >= 15 is 0 Å². The molecule has 130 valence electrons. The Kier molecular flexibility index (Phi) is 4.60. The Morgan fingerprint density at radius 1 is 1.24 bits per heavy atom. The van der Waals surface area contributed by atoms with E-state index in [1.165, 1.54) is 36.4 Å². The van der Waals surface area contributed by atoms with Crippen LogP contribution in [0.25, 0.3) is 0 Å². The van der Waals surface area contributed by atoms with Gasteiger partial charge in [0.15, 0.2) is 0 Å². The normalized spacial score (nSPS) is 16.2. The van der Waals surface area contributed by atoms with E-state index in [0.29, 0.717) is 5.56 Å². The van der Waals surface area contributed by atoms with Crippen LogP contribution in [0, 0.1) is 5.82 Å². The summed E-state index contributed by atoms with van der Waals surface area (Å²) >= 11 is 0. The van der Waals surface area contributed by atoms with E-state index in [-0.39, 0.29) is 23.5 Å².